The summed E-state index contributed by atoms with van der Waals surface area (Å²) in [5.74, 6) is 0.850. The zero-order chi connectivity index (χ0) is 9.10. The molecule has 1 N–H and O–H groups in total. The highest BCUT2D eigenvalue weighted by atomic mass is 32.2. The first-order chi connectivity index (χ1) is 6.36. The van der Waals surface area contributed by atoms with Crippen LogP contribution in [0.5, 0.6) is 0 Å². The minimum atomic E-state index is 0.625. The SMILES string of the molecule is CC(Sc1nn[nH]n1)C1CCCC1. The quantitative estimate of drug-likeness (QED) is 0.753. The van der Waals surface area contributed by atoms with Crippen molar-refractivity contribution < 1.29 is 0 Å². The smallest absolute Gasteiger partial charge is 0.176 e. The first kappa shape index (κ1) is 8.99. The summed E-state index contributed by atoms with van der Waals surface area (Å²) >= 11 is 1.73. The van der Waals surface area contributed by atoms with E-state index in [1.165, 1.54) is 25.7 Å². The number of hydrogen-bond acceptors (Lipinski definition) is 4. The molecule has 4 nitrogen and oxygen atoms in total. The van der Waals surface area contributed by atoms with E-state index in [4.69, 9.17) is 0 Å². The van der Waals surface area contributed by atoms with Crippen LogP contribution >= 0.6 is 11.8 Å². The van der Waals surface area contributed by atoms with Crippen molar-refractivity contribution in [1.82, 2.24) is 20.6 Å². The van der Waals surface area contributed by atoms with Crippen LogP contribution in [0.15, 0.2) is 5.16 Å². The van der Waals surface area contributed by atoms with Gasteiger partial charge in [0.1, 0.15) is 0 Å². The molecule has 1 aromatic rings. The zero-order valence-electron chi connectivity index (χ0n) is 7.73. The monoisotopic (exact) mass is 198 g/mol. The second-order valence-electron chi connectivity index (χ2n) is 3.56. The molecule has 13 heavy (non-hydrogen) atoms. The van der Waals surface area contributed by atoms with Crippen LogP contribution in [0.25, 0.3) is 0 Å². The van der Waals surface area contributed by atoms with Gasteiger partial charge in [-0.05, 0) is 24.0 Å². The predicted octanol–water partition coefficient (Wildman–Crippen LogP) is 1.87. The van der Waals surface area contributed by atoms with E-state index in [0.717, 1.165) is 11.1 Å². The molecule has 0 spiro atoms. The third-order valence-electron chi connectivity index (χ3n) is 2.68. The van der Waals surface area contributed by atoms with Gasteiger partial charge in [-0.1, -0.05) is 31.5 Å². The molecular formula is C8H14N4S. The molecule has 5 heteroatoms. The van der Waals surface area contributed by atoms with Gasteiger partial charge in [0, 0.05) is 5.25 Å². The molecule has 1 saturated carbocycles. The van der Waals surface area contributed by atoms with Crippen LogP contribution in [0.4, 0.5) is 0 Å². The first-order valence-corrected chi connectivity index (χ1v) is 5.64. The Labute approximate surface area is 81.9 Å². The van der Waals surface area contributed by atoms with E-state index in [0.29, 0.717) is 5.25 Å². The van der Waals surface area contributed by atoms with E-state index in [1.807, 2.05) is 0 Å². The van der Waals surface area contributed by atoms with E-state index in [2.05, 4.69) is 27.5 Å². The molecule has 0 bridgehead atoms. The highest BCUT2D eigenvalue weighted by Gasteiger charge is 2.23. The fourth-order valence-electron chi connectivity index (χ4n) is 1.89. The van der Waals surface area contributed by atoms with Gasteiger partial charge in [0.15, 0.2) is 0 Å². The van der Waals surface area contributed by atoms with Gasteiger partial charge < -0.3 is 0 Å². The molecule has 1 heterocycles. The van der Waals surface area contributed by atoms with E-state index in [1.54, 1.807) is 11.8 Å². The summed E-state index contributed by atoms with van der Waals surface area (Å²) in [6.45, 7) is 2.26. The second-order valence-corrected chi connectivity index (χ2v) is 4.91. The van der Waals surface area contributed by atoms with Crippen molar-refractivity contribution in [3.05, 3.63) is 0 Å². The average molecular weight is 198 g/mol. The summed E-state index contributed by atoms with van der Waals surface area (Å²) in [5.41, 5.74) is 0. The number of thioether (sulfide) groups is 1. The largest absolute Gasteiger partial charge is 0.231 e. The minimum Gasteiger partial charge on any atom is -0.176 e. The van der Waals surface area contributed by atoms with Crippen molar-refractivity contribution in [2.24, 2.45) is 5.92 Å². The fourth-order valence-corrected chi connectivity index (χ4v) is 2.87. The predicted molar refractivity (Wildman–Crippen MR) is 51.5 cm³/mol. The van der Waals surface area contributed by atoms with Gasteiger partial charge in [-0.15, -0.1) is 10.2 Å². The molecule has 1 aliphatic rings. The molecule has 2 rings (SSSR count). The molecule has 0 radical (unpaired) electrons. The number of rotatable bonds is 3. The lowest BCUT2D eigenvalue weighted by atomic mass is 10.1. The summed E-state index contributed by atoms with van der Waals surface area (Å²) in [5, 5.41) is 15.3. The zero-order valence-corrected chi connectivity index (χ0v) is 8.55. The van der Waals surface area contributed by atoms with Gasteiger partial charge in [0.05, 0.1) is 0 Å². The molecule has 0 aromatic carbocycles. The number of H-pyrrole nitrogens is 1. The molecule has 1 unspecified atom stereocenters. The van der Waals surface area contributed by atoms with Crippen molar-refractivity contribution in [3.8, 4) is 0 Å². The summed E-state index contributed by atoms with van der Waals surface area (Å²) in [6.07, 6.45) is 5.52. The van der Waals surface area contributed by atoms with Crippen molar-refractivity contribution in [3.63, 3.8) is 0 Å². The van der Waals surface area contributed by atoms with Crippen LogP contribution < -0.4 is 0 Å². The summed E-state index contributed by atoms with van der Waals surface area (Å²) in [6, 6.07) is 0. The van der Waals surface area contributed by atoms with Crippen LogP contribution in [0.1, 0.15) is 32.6 Å². The number of aromatic nitrogens is 4. The van der Waals surface area contributed by atoms with E-state index in [-0.39, 0.29) is 0 Å². The average Bonchev–Trinajstić information content (AvgIpc) is 2.74. The van der Waals surface area contributed by atoms with Crippen molar-refractivity contribution in [1.29, 1.82) is 0 Å². The van der Waals surface area contributed by atoms with Crippen LogP contribution in [0, 0.1) is 5.92 Å². The Morgan fingerprint density at radius 3 is 2.85 bits per heavy atom. The number of hydrogen-bond donors (Lipinski definition) is 1. The summed E-state index contributed by atoms with van der Waals surface area (Å²) in [7, 11) is 0. The van der Waals surface area contributed by atoms with Crippen LogP contribution in [-0.2, 0) is 0 Å². The molecule has 0 amide bonds. The van der Waals surface area contributed by atoms with E-state index in [9.17, 15) is 0 Å². The number of nitrogens with zero attached hydrogens (tertiary/aromatic N) is 3. The third kappa shape index (κ3) is 2.21. The lowest BCUT2D eigenvalue weighted by Gasteiger charge is -2.15. The maximum absolute atomic E-state index is 3.94. The molecule has 1 aliphatic carbocycles. The molecule has 72 valence electrons. The molecule has 1 atom stereocenters. The van der Waals surface area contributed by atoms with Gasteiger partial charge in [-0.2, -0.15) is 5.21 Å². The Hall–Kier alpha value is -0.580. The highest BCUT2D eigenvalue weighted by molar-refractivity contribution is 7.99. The maximum Gasteiger partial charge on any atom is 0.231 e. The minimum absolute atomic E-state index is 0.625. The number of aromatic amines is 1. The lowest BCUT2D eigenvalue weighted by Crippen LogP contribution is -2.09. The Morgan fingerprint density at radius 1 is 1.46 bits per heavy atom. The highest BCUT2D eigenvalue weighted by Crippen LogP contribution is 2.35. The van der Waals surface area contributed by atoms with E-state index >= 15 is 0 Å². The van der Waals surface area contributed by atoms with Gasteiger partial charge in [-0.25, -0.2) is 0 Å². The second kappa shape index (κ2) is 4.09. The molecule has 0 saturated heterocycles. The first-order valence-electron chi connectivity index (χ1n) is 4.76. The van der Waals surface area contributed by atoms with Gasteiger partial charge in [-0.3, -0.25) is 0 Å². The topological polar surface area (TPSA) is 54.5 Å². The maximum atomic E-state index is 3.94. The summed E-state index contributed by atoms with van der Waals surface area (Å²) in [4.78, 5) is 0. The molecule has 1 aromatic heterocycles. The Morgan fingerprint density at radius 2 is 2.23 bits per heavy atom. The number of tetrazole rings is 1. The summed E-state index contributed by atoms with van der Waals surface area (Å²) < 4.78 is 0. The van der Waals surface area contributed by atoms with Gasteiger partial charge in [0.2, 0.25) is 5.16 Å². The standard InChI is InChI=1S/C8H14N4S/c1-6(7-4-2-3-5-7)13-8-9-11-12-10-8/h6-7H,2-5H2,1H3,(H,9,10,11,12). The van der Waals surface area contributed by atoms with E-state index < -0.39 is 0 Å². The molecule has 0 aliphatic heterocycles. The normalized spacial score (nSPS) is 20.7. The van der Waals surface area contributed by atoms with Crippen LogP contribution in [-0.4, -0.2) is 25.9 Å². The molecule has 1 fully saturated rings. The van der Waals surface area contributed by atoms with Gasteiger partial charge >= 0.3 is 0 Å². The Kier molecular flexibility index (Phi) is 2.83. The van der Waals surface area contributed by atoms with Crippen LogP contribution in [0.2, 0.25) is 0 Å². The molecular weight excluding hydrogens is 184 g/mol. The Balaban J connectivity index is 1.87. The number of nitrogens with one attached hydrogen (secondary N) is 1. The van der Waals surface area contributed by atoms with Crippen molar-refractivity contribution in [2.45, 2.75) is 43.0 Å². The lowest BCUT2D eigenvalue weighted by molar-refractivity contribution is 0.543. The fraction of sp³-hybridized carbons (Fsp3) is 0.875. The van der Waals surface area contributed by atoms with Crippen LogP contribution in [0.3, 0.4) is 0 Å². The van der Waals surface area contributed by atoms with Crippen molar-refractivity contribution in [2.75, 3.05) is 0 Å². The third-order valence-corrected chi connectivity index (χ3v) is 3.82. The Bertz CT molecular complexity index is 243. The van der Waals surface area contributed by atoms with Gasteiger partial charge in [0.25, 0.3) is 0 Å². The van der Waals surface area contributed by atoms with Crippen molar-refractivity contribution >= 4 is 11.8 Å².